The van der Waals surface area contributed by atoms with Crippen LogP contribution in [0.3, 0.4) is 0 Å². The maximum absolute atomic E-state index is 8.03. The molecule has 1 rings (SSSR count). The Kier molecular flexibility index (Phi) is 1.95. The molecule has 0 aromatic heterocycles. The van der Waals surface area contributed by atoms with E-state index in [4.69, 9.17) is 2.74 Å². The minimum absolute atomic E-state index is 0.162. The minimum atomic E-state index is -0.162. The molecule has 0 heterocycles. The molecule has 0 saturated heterocycles. The van der Waals surface area contributed by atoms with Crippen molar-refractivity contribution >= 4 is 0 Å². The highest BCUT2D eigenvalue weighted by molar-refractivity contribution is 5.05. The van der Waals surface area contributed by atoms with E-state index >= 15 is 0 Å². The number of hydrogen-bond donors (Lipinski definition) is 0. The van der Waals surface area contributed by atoms with Gasteiger partial charge in [0.25, 0.3) is 0 Å². The van der Waals surface area contributed by atoms with Crippen molar-refractivity contribution in [2.45, 2.75) is 52.9 Å². The first kappa shape index (κ1) is 6.28. The van der Waals surface area contributed by atoms with Crippen molar-refractivity contribution in [1.82, 2.24) is 0 Å². The van der Waals surface area contributed by atoms with Crippen molar-refractivity contribution < 1.29 is 2.74 Å². The smallest absolute Gasteiger partial charge is 0.0581 e. The molecule has 0 aromatic rings. The van der Waals surface area contributed by atoms with E-state index in [1.807, 2.05) is 0 Å². The maximum atomic E-state index is 8.03. The lowest BCUT2D eigenvalue weighted by molar-refractivity contribution is 0.397. The van der Waals surface area contributed by atoms with Crippen molar-refractivity contribution in [3.63, 3.8) is 0 Å². The molecule has 0 saturated carbocycles. The highest BCUT2D eigenvalue weighted by Crippen LogP contribution is 2.30. The summed E-state index contributed by atoms with van der Waals surface area (Å²) in [5.74, 6) is 0. The van der Waals surface area contributed by atoms with Crippen molar-refractivity contribution in [1.29, 1.82) is 0 Å². The normalized spacial score (nSPS) is 37.3. The largest absolute Gasteiger partial charge is 0.0799 e. The van der Waals surface area contributed by atoms with Crippen LogP contribution >= 0.6 is 0 Å². The van der Waals surface area contributed by atoms with E-state index in [1.54, 1.807) is 0 Å². The summed E-state index contributed by atoms with van der Waals surface area (Å²) in [5.41, 5.74) is 1.04. The van der Waals surface area contributed by atoms with Crippen LogP contribution < -0.4 is 0 Å². The van der Waals surface area contributed by atoms with Gasteiger partial charge >= 0.3 is 0 Å². The summed E-state index contributed by atoms with van der Waals surface area (Å²) in [5, 5.41) is 0. The summed E-state index contributed by atoms with van der Waals surface area (Å²) in [7, 11) is 0. The van der Waals surface area contributed by atoms with Gasteiger partial charge in [-0.2, -0.15) is 0 Å². The first-order chi connectivity index (χ1) is 6.10. The van der Waals surface area contributed by atoms with Crippen LogP contribution in [0, 0.1) is 5.41 Å². The number of hydrogen-bond acceptors (Lipinski definition) is 0. The minimum Gasteiger partial charge on any atom is -0.0799 e. The van der Waals surface area contributed by atoms with Gasteiger partial charge in [-0.25, -0.2) is 0 Å². The maximum Gasteiger partial charge on any atom is 0.0581 e. The third-order valence-electron chi connectivity index (χ3n) is 2.30. The third-order valence-corrected chi connectivity index (χ3v) is 2.30. The van der Waals surface area contributed by atoms with Crippen LogP contribution in [0.4, 0.5) is 0 Å². The van der Waals surface area contributed by atoms with E-state index in [1.165, 1.54) is 24.8 Å². The SMILES string of the molecule is [2H]CC1(C)CCCCCC(C)=C1[3H]. The molecule has 1 atom stereocenters. The van der Waals surface area contributed by atoms with Gasteiger partial charge in [0.2, 0.25) is 0 Å². The third kappa shape index (κ3) is 3.09. The van der Waals surface area contributed by atoms with Crippen molar-refractivity contribution in [2.75, 3.05) is 0 Å². The summed E-state index contributed by atoms with van der Waals surface area (Å²) < 4.78 is 15.6. The van der Waals surface area contributed by atoms with E-state index in [0.29, 0.717) is 6.90 Å². The van der Waals surface area contributed by atoms with Crippen molar-refractivity contribution in [3.05, 3.63) is 11.6 Å². The second-order valence-electron chi connectivity index (χ2n) is 4.03. The Hall–Kier alpha value is -0.260. The molecule has 0 radical (unpaired) electrons. The fourth-order valence-electron chi connectivity index (χ4n) is 1.72. The molecule has 0 fully saturated rings. The first-order valence-electron chi connectivity index (χ1n) is 5.77. The Morgan fingerprint density at radius 1 is 1.64 bits per heavy atom. The van der Waals surface area contributed by atoms with Gasteiger partial charge in [0.15, 0.2) is 0 Å². The molecule has 11 heavy (non-hydrogen) atoms. The second kappa shape index (κ2) is 3.42. The Labute approximate surface area is 73.5 Å². The summed E-state index contributed by atoms with van der Waals surface area (Å²) in [6, 6.07) is 0.738. The fraction of sp³-hybridized carbons (Fsp3) is 0.818. The van der Waals surface area contributed by atoms with E-state index in [2.05, 4.69) is 13.8 Å². The van der Waals surface area contributed by atoms with E-state index in [0.717, 1.165) is 18.9 Å². The van der Waals surface area contributed by atoms with Crippen LogP contribution in [0.5, 0.6) is 0 Å². The first-order valence-corrected chi connectivity index (χ1v) is 4.56. The van der Waals surface area contributed by atoms with Gasteiger partial charge in [0, 0.05) is 1.37 Å². The van der Waals surface area contributed by atoms with Crippen LogP contribution in [-0.2, 0) is 0 Å². The van der Waals surface area contributed by atoms with Gasteiger partial charge in [-0.05, 0) is 31.6 Å². The van der Waals surface area contributed by atoms with Crippen LogP contribution in [0.2, 0.25) is 0 Å². The quantitative estimate of drug-likeness (QED) is 0.465. The molecule has 1 aliphatic carbocycles. The molecular weight excluding hydrogens is 132 g/mol. The standard InChI is InChI=1S/C11H20/c1-10-7-5-4-6-8-11(2,3)9-10/h9H,4-8H2,1-3H3/i2D,9T. The number of allylic oxidation sites excluding steroid dienone is 2. The van der Waals surface area contributed by atoms with Gasteiger partial charge in [-0.1, -0.05) is 38.3 Å². The highest BCUT2D eigenvalue weighted by atomic mass is 14.2. The molecule has 64 valence electrons. The zero-order chi connectivity index (χ0) is 9.90. The van der Waals surface area contributed by atoms with Gasteiger partial charge in [-0.3, -0.25) is 0 Å². The molecular formula is C11H20. The van der Waals surface area contributed by atoms with Gasteiger partial charge in [-0.15, -0.1) is 0 Å². The van der Waals surface area contributed by atoms with Gasteiger partial charge in [0.05, 0.1) is 1.37 Å². The zero-order valence-electron chi connectivity index (χ0n) is 9.74. The molecule has 1 unspecified atom stereocenters. The van der Waals surface area contributed by atoms with Crippen LogP contribution in [0.25, 0.3) is 0 Å². The predicted octanol–water partition coefficient (Wildman–Crippen LogP) is 3.92. The van der Waals surface area contributed by atoms with E-state index < -0.39 is 0 Å². The lowest BCUT2D eigenvalue weighted by Crippen LogP contribution is -2.09. The van der Waals surface area contributed by atoms with Crippen LogP contribution in [-0.4, -0.2) is 0 Å². The molecule has 0 amide bonds. The average Bonchev–Trinajstić information content (AvgIpc) is 2.14. The van der Waals surface area contributed by atoms with E-state index in [9.17, 15) is 0 Å². The molecule has 0 aliphatic heterocycles. The van der Waals surface area contributed by atoms with Crippen molar-refractivity contribution in [3.8, 4) is 0 Å². The molecule has 0 nitrogen and oxygen atoms in total. The molecule has 1 aliphatic rings. The summed E-state index contributed by atoms with van der Waals surface area (Å²) >= 11 is 0. The molecule has 0 spiro atoms. The van der Waals surface area contributed by atoms with E-state index in [-0.39, 0.29) is 5.41 Å². The van der Waals surface area contributed by atoms with Gasteiger partial charge < -0.3 is 0 Å². The fourth-order valence-corrected chi connectivity index (χ4v) is 1.72. The summed E-state index contributed by atoms with van der Waals surface area (Å²) in [4.78, 5) is 0. The lowest BCUT2D eigenvalue weighted by atomic mass is 9.82. The van der Waals surface area contributed by atoms with Gasteiger partial charge in [0.1, 0.15) is 0 Å². The highest BCUT2D eigenvalue weighted by Gasteiger charge is 2.15. The number of rotatable bonds is 0. The summed E-state index contributed by atoms with van der Waals surface area (Å²) in [6.07, 6.45) is 5.76. The lowest BCUT2D eigenvalue weighted by Gasteiger charge is -2.23. The molecule has 0 N–H and O–H groups in total. The van der Waals surface area contributed by atoms with Crippen LogP contribution in [0.15, 0.2) is 11.6 Å². The second-order valence-corrected chi connectivity index (χ2v) is 4.03. The Balaban J connectivity index is 2.90. The van der Waals surface area contributed by atoms with Crippen molar-refractivity contribution in [2.24, 2.45) is 5.41 Å². The van der Waals surface area contributed by atoms with Crippen LogP contribution in [0.1, 0.15) is 55.6 Å². The Morgan fingerprint density at radius 2 is 2.45 bits per heavy atom. The summed E-state index contributed by atoms with van der Waals surface area (Å²) in [6.45, 7) is 4.49. The Morgan fingerprint density at radius 3 is 3.18 bits per heavy atom. The topological polar surface area (TPSA) is 0 Å². The predicted molar refractivity (Wildman–Crippen MR) is 50.6 cm³/mol. The monoisotopic (exact) mass is 155 g/mol. The molecule has 0 aromatic carbocycles. The zero-order valence-corrected chi connectivity index (χ0v) is 7.74. The average molecular weight is 155 g/mol. The molecule has 0 heteroatoms. The molecule has 0 bridgehead atoms. The Bertz CT molecular complexity index is 208.